The summed E-state index contributed by atoms with van der Waals surface area (Å²) in [7, 11) is 0. The van der Waals surface area contributed by atoms with Gasteiger partial charge in [-0.1, -0.05) is 30.3 Å². The second-order valence-electron chi connectivity index (χ2n) is 7.19. The maximum Gasteiger partial charge on any atom is 0.263 e. The second-order valence-corrected chi connectivity index (χ2v) is 9.70. The molecule has 0 amide bonds. The maximum atomic E-state index is 13.2. The highest BCUT2D eigenvalue weighted by Crippen LogP contribution is 2.40. The second kappa shape index (κ2) is 7.39. The summed E-state index contributed by atoms with van der Waals surface area (Å²) in [5.41, 5.74) is 1.11. The molecule has 144 valence electrons. The van der Waals surface area contributed by atoms with Crippen LogP contribution in [0.4, 0.5) is 0 Å². The summed E-state index contributed by atoms with van der Waals surface area (Å²) in [6.45, 7) is 8.89. The van der Waals surface area contributed by atoms with Gasteiger partial charge in [0.25, 0.3) is 5.56 Å². The van der Waals surface area contributed by atoms with Crippen LogP contribution in [-0.4, -0.2) is 19.7 Å². The van der Waals surface area contributed by atoms with E-state index in [1.54, 1.807) is 11.3 Å². The Balaban J connectivity index is 1.70. The zero-order chi connectivity index (χ0) is 19.1. The molecule has 27 heavy (non-hydrogen) atoms. The summed E-state index contributed by atoms with van der Waals surface area (Å²) in [4.78, 5) is 24.5. The van der Waals surface area contributed by atoms with Crippen molar-refractivity contribution >= 4 is 33.3 Å². The summed E-state index contributed by atoms with van der Waals surface area (Å²) in [5.74, 6) is 1.89. The first-order valence-electron chi connectivity index (χ1n) is 9.50. The highest BCUT2D eigenvalue weighted by molar-refractivity contribution is 7.99. The van der Waals surface area contributed by atoms with Crippen LogP contribution in [0.3, 0.4) is 0 Å². The predicted octanol–water partition coefficient (Wildman–Crippen LogP) is 4.99. The van der Waals surface area contributed by atoms with Gasteiger partial charge < -0.3 is 4.52 Å². The standard InChI is InChI=1S/C19H24N4O2S2/c1-5-6-9-23-18(24)14-10(2)11(3)26-17(14)21-19(23)27-12(4)16-20-15(22-25-16)13-7-8-13/h12-13H,5-9H2,1-4H3. The van der Waals surface area contributed by atoms with E-state index in [-0.39, 0.29) is 10.8 Å². The van der Waals surface area contributed by atoms with Gasteiger partial charge in [-0.05, 0) is 45.6 Å². The number of fused-ring (bicyclic) bond motifs is 1. The monoisotopic (exact) mass is 404 g/mol. The first-order chi connectivity index (χ1) is 13.0. The van der Waals surface area contributed by atoms with Gasteiger partial charge in [0.05, 0.1) is 10.6 Å². The Hall–Kier alpha value is -1.67. The van der Waals surface area contributed by atoms with E-state index < -0.39 is 0 Å². The summed E-state index contributed by atoms with van der Waals surface area (Å²) in [6.07, 6.45) is 4.27. The van der Waals surface area contributed by atoms with Crippen molar-refractivity contribution in [1.29, 1.82) is 0 Å². The van der Waals surface area contributed by atoms with Gasteiger partial charge in [-0.25, -0.2) is 4.98 Å². The molecule has 0 saturated heterocycles. The molecule has 0 radical (unpaired) electrons. The zero-order valence-corrected chi connectivity index (χ0v) is 17.7. The number of thiophene rings is 1. The van der Waals surface area contributed by atoms with E-state index in [4.69, 9.17) is 9.51 Å². The number of nitrogens with zero attached hydrogens (tertiary/aromatic N) is 4. The molecule has 4 rings (SSSR count). The van der Waals surface area contributed by atoms with Crippen LogP contribution in [0.2, 0.25) is 0 Å². The van der Waals surface area contributed by atoms with Crippen LogP contribution >= 0.6 is 23.1 Å². The van der Waals surface area contributed by atoms with E-state index in [2.05, 4.69) is 17.1 Å². The van der Waals surface area contributed by atoms with Crippen LogP contribution in [-0.2, 0) is 6.54 Å². The molecule has 0 aromatic carbocycles. The zero-order valence-electron chi connectivity index (χ0n) is 16.1. The Morgan fingerprint density at radius 3 is 2.81 bits per heavy atom. The van der Waals surface area contributed by atoms with Gasteiger partial charge in [-0.15, -0.1) is 11.3 Å². The van der Waals surface area contributed by atoms with Crippen LogP contribution in [0.5, 0.6) is 0 Å². The fourth-order valence-electron chi connectivity index (χ4n) is 3.04. The number of hydrogen-bond donors (Lipinski definition) is 0. The lowest BCUT2D eigenvalue weighted by Gasteiger charge is -2.13. The third-order valence-electron chi connectivity index (χ3n) is 5.02. The Labute approximate surface area is 166 Å². The Morgan fingerprint density at radius 1 is 1.33 bits per heavy atom. The van der Waals surface area contributed by atoms with Crippen molar-refractivity contribution in [1.82, 2.24) is 19.7 Å². The molecule has 8 heteroatoms. The van der Waals surface area contributed by atoms with Gasteiger partial charge in [0.15, 0.2) is 11.0 Å². The van der Waals surface area contributed by atoms with Gasteiger partial charge in [0.2, 0.25) is 5.89 Å². The molecule has 0 aliphatic heterocycles. The summed E-state index contributed by atoms with van der Waals surface area (Å²) in [5, 5.41) is 5.56. The van der Waals surface area contributed by atoms with Crippen LogP contribution in [0.15, 0.2) is 14.5 Å². The molecule has 0 spiro atoms. The molecule has 1 aliphatic carbocycles. The van der Waals surface area contributed by atoms with Crippen molar-refractivity contribution in [3.63, 3.8) is 0 Å². The fourth-order valence-corrected chi connectivity index (χ4v) is 5.08. The number of hydrogen-bond acceptors (Lipinski definition) is 7. The highest BCUT2D eigenvalue weighted by atomic mass is 32.2. The molecule has 0 N–H and O–H groups in total. The number of aryl methyl sites for hydroxylation is 2. The summed E-state index contributed by atoms with van der Waals surface area (Å²) in [6, 6.07) is 0. The van der Waals surface area contributed by atoms with Crippen molar-refractivity contribution in [3.8, 4) is 0 Å². The molecule has 3 heterocycles. The molecular formula is C19H24N4O2S2. The minimum Gasteiger partial charge on any atom is -0.338 e. The van der Waals surface area contributed by atoms with E-state index in [1.807, 2.05) is 25.3 Å². The van der Waals surface area contributed by atoms with E-state index in [0.29, 0.717) is 18.4 Å². The van der Waals surface area contributed by atoms with Crippen molar-refractivity contribution < 1.29 is 4.52 Å². The maximum absolute atomic E-state index is 13.2. The molecular weight excluding hydrogens is 380 g/mol. The van der Waals surface area contributed by atoms with Gasteiger partial charge in [0.1, 0.15) is 4.83 Å². The molecule has 6 nitrogen and oxygen atoms in total. The SMILES string of the molecule is CCCCn1c(SC(C)c2nc(C3CC3)no2)nc2sc(C)c(C)c2c1=O. The van der Waals surface area contributed by atoms with Crippen molar-refractivity contribution in [2.75, 3.05) is 0 Å². The molecule has 1 fully saturated rings. The van der Waals surface area contributed by atoms with Gasteiger partial charge in [0, 0.05) is 17.3 Å². The summed E-state index contributed by atoms with van der Waals surface area (Å²) >= 11 is 3.12. The average Bonchev–Trinajstić information content (AvgIpc) is 3.29. The minimum absolute atomic E-state index is 0.0515. The van der Waals surface area contributed by atoms with Gasteiger partial charge in [-0.2, -0.15) is 4.98 Å². The largest absolute Gasteiger partial charge is 0.338 e. The van der Waals surface area contributed by atoms with Gasteiger partial charge in [-0.3, -0.25) is 9.36 Å². The lowest BCUT2D eigenvalue weighted by molar-refractivity contribution is 0.374. The molecule has 1 saturated carbocycles. The highest BCUT2D eigenvalue weighted by Gasteiger charge is 2.30. The molecule has 1 atom stereocenters. The number of unbranched alkanes of at least 4 members (excludes halogenated alkanes) is 1. The fraction of sp³-hybridized carbons (Fsp3) is 0.579. The topological polar surface area (TPSA) is 73.8 Å². The lowest BCUT2D eigenvalue weighted by atomic mass is 10.2. The molecule has 1 unspecified atom stereocenters. The molecule has 1 aliphatic rings. The Bertz CT molecular complexity index is 1030. The third kappa shape index (κ3) is 3.57. The van der Waals surface area contributed by atoms with E-state index in [1.165, 1.54) is 11.8 Å². The first kappa shape index (κ1) is 18.7. The van der Waals surface area contributed by atoms with Crippen molar-refractivity contribution in [2.24, 2.45) is 0 Å². The van der Waals surface area contributed by atoms with Crippen molar-refractivity contribution in [2.45, 2.75) is 76.2 Å². The minimum atomic E-state index is -0.0515. The Kier molecular flexibility index (Phi) is 5.11. The normalized spacial score (nSPS) is 15.6. The van der Waals surface area contributed by atoms with Crippen LogP contribution in [0.25, 0.3) is 10.2 Å². The van der Waals surface area contributed by atoms with Crippen LogP contribution < -0.4 is 5.56 Å². The number of thioether (sulfide) groups is 1. The lowest BCUT2D eigenvalue weighted by Crippen LogP contribution is -2.23. The van der Waals surface area contributed by atoms with Crippen LogP contribution in [0.1, 0.15) is 72.9 Å². The van der Waals surface area contributed by atoms with E-state index >= 15 is 0 Å². The quantitative estimate of drug-likeness (QED) is 0.408. The van der Waals surface area contributed by atoms with Crippen LogP contribution in [0, 0.1) is 13.8 Å². The van der Waals surface area contributed by atoms with E-state index in [9.17, 15) is 4.79 Å². The van der Waals surface area contributed by atoms with Crippen molar-refractivity contribution in [3.05, 3.63) is 32.5 Å². The predicted molar refractivity (Wildman–Crippen MR) is 109 cm³/mol. The molecule has 0 bridgehead atoms. The average molecular weight is 405 g/mol. The van der Waals surface area contributed by atoms with Gasteiger partial charge >= 0.3 is 0 Å². The van der Waals surface area contributed by atoms with E-state index in [0.717, 1.165) is 57.3 Å². The smallest absolute Gasteiger partial charge is 0.263 e. The molecule has 3 aromatic heterocycles. The third-order valence-corrected chi connectivity index (χ3v) is 7.20. The Morgan fingerprint density at radius 2 is 2.11 bits per heavy atom. The first-order valence-corrected chi connectivity index (χ1v) is 11.2. The summed E-state index contributed by atoms with van der Waals surface area (Å²) < 4.78 is 7.29. The molecule has 3 aromatic rings. The number of aromatic nitrogens is 4. The number of rotatable bonds is 7.